The Kier molecular flexibility index (Phi) is 4.52. The summed E-state index contributed by atoms with van der Waals surface area (Å²) in [6.45, 7) is 2.81. The number of rotatable bonds is 6. The number of halogens is 1. The molecule has 0 aliphatic heterocycles. The van der Waals surface area contributed by atoms with E-state index in [-0.39, 0.29) is 12.4 Å². The summed E-state index contributed by atoms with van der Waals surface area (Å²) in [5.41, 5.74) is 1.22. The molecule has 0 saturated carbocycles. The highest BCUT2D eigenvalue weighted by atomic mass is 19.1. The minimum atomic E-state index is -0.321. The third kappa shape index (κ3) is 3.66. The number of benzene rings is 2. The molecule has 3 rings (SSSR count). The highest BCUT2D eigenvalue weighted by Gasteiger charge is 2.09. The Bertz CT molecular complexity index is 772. The molecule has 1 heterocycles. The fourth-order valence-corrected chi connectivity index (χ4v) is 2.09. The van der Waals surface area contributed by atoms with Crippen molar-refractivity contribution in [2.24, 2.45) is 0 Å². The van der Waals surface area contributed by atoms with Gasteiger partial charge in [-0.1, -0.05) is 17.3 Å². The van der Waals surface area contributed by atoms with Crippen molar-refractivity contribution in [2.75, 3.05) is 11.9 Å². The molecule has 6 heteroatoms. The number of hydrogen-bond acceptors (Lipinski definition) is 5. The average Bonchev–Trinajstić information content (AvgIpc) is 3.04. The van der Waals surface area contributed by atoms with Gasteiger partial charge < -0.3 is 14.6 Å². The number of hydrogen-bond donors (Lipinski definition) is 1. The first kappa shape index (κ1) is 15.0. The summed E-state index contributed by atoms with van der Waals surface area (Å²) >= 11 is 0. The van der Waals surface area contributed by atoms with Crippen LogP contribution in [0, 0.1) is 5.82 Å². The zero-order chi connectivity index (χ0) is 16.1. The summed E-state index contributed by atoms with van der Waals surface area (Å²) in [6.07, 6.45) is 0. The van der Waals surface area contributed by atoms with Crippen molar-refractivity contribution >= 4 is 5.69 Å². The highest BCUT2D eigenvalue weighted by Crippen LogP contribution is 2.20. The Morgan fingerprint density at radius 1 is 1.13 bits per heavy atom. The Morgan fingerprint density at radius 3 is 2.65 bits per heavy atom. The van der Waals surface area contributed by atoms with Crippen molar-refractivity contribution in [3.05, 3.63) is 60.2 Å². The molecule has 0 aliphatic carbocycles. The third-order valence-corrected chi connectivity index (χ3v) is 3.20. The van der Waals surface area contributed by atoms with Crippen LogP contribution in [0.15, 0.2) is 53.1 Å². The minimum absolute atomic E-state index is 0.255. The molecule has 0 atom stereocenters. The van der Waals surface area contributed by atoms with Crippen LogP contribution in [0.2, 0.25) is 0 Å². The lowest BCUT2D eigenvalue weighted by Crippen LogP contribution is -2.01. The van der Waals surface area contributed by atoms with Crippen LogP contribution in [-0.2, 0) is 6.54 Å². The van der Waals surface area contributed by atoms with E-state index in [1.807, 2.05) is 31.2 Å². The van der Waals surface area contributed by atoms with Crippen molar-refractivity contribution < 1.29 is 13.7 Å². The molecule has 1 aromatic heterocycles. The van der Waals surface area contributed by atoms with E-state index in [0.717, 1.165) is 11.3 Å². The molecule has 3 aromatic rings. The lowest BCUT2D eigenvalue weighted by atomic mass is 10.2. The van der Waals surface area contributed by atoms with E-state index < -0.39 is 0 Å². The first-order valence-corrected chi connectivity index (χ1v) is 7.30. The van der Waals surface area contributed by atoms with Crippen molar-refractivity contribution in [1.29, 1.82) is 0 Å². The molecule has 0 amide bonds. The van der Waals surface area contributed by atoms with Gasteiger partial charge in [-0.3, -0.25) is 0 Å². The molecule has 0 fully saturated rings. The van der Waals surface area contributed by atoms with Crippen LogP contribution in [0.1, 0.15) is 12.8 Å². The van der Waals surface area contributed by atoms with Gasteiger partial charge in [-0.05, 0) is 43.3 Å². The zero-order valence-electron chi connectivity index (χ0n) is 12.6. The Balaban J connectivity index is 1.67. The molecule has 23 heavy (non-hydrogen) atoms. The SMILES string of the molecule is CCOc1ccc(-c2noc(CNc3ccccc3F)n2)cc1. The molecule has 0 unspecified atom stereocenters. The number of aromatic nitrogens is 2. The van der Waals surface area contributed by atoms with Crippen molar-refractivity contribution in [3.8, 4) is 17.1 Å². The molecule has 0 bridgehead atoms. The molecule has 0 spiro atoms. The van der Waals surface area contributed by atoms with E-state index in [1.54, 1.807) is 18.2 Å². The van der Waals surface area contributed by atoms with E-state index in [2.05, 4.69) is 15.5 Å². The van der Waals surface area contributed by atoms with Gasteiger partial charge in [-0.25, -0.2) is 4.39 Å². The van der Waals surface area contributed by atoms with Gasteiger partial charge in [-0.15, -0.1) is 0 Å². The lowest BCUT2D eigenvalue weighted by molar-refractivity contribution is 0.340. The molecule has 2 aromatic carbocycles. The number of para-hydroxylation sites is 1. The Morgan fingerprint density at radius 2 is 1.91 bits per heavy atom. The van der Waals surface area contributed by atoms with Gasteiger partial charge in [-0.2, -0.15) is 4.98 Å². The quantitative estimate of drug-likeness (QED) is 0.748. The van der Waals surface area contributed by atoms with Gasteiger partial charge in [0.1, 0.15) is 11.6 Å². The van der Waals surface area contributed by atoms with Crippen LogP contribution in [0.4, 0.5) is 10.1 Å². The number of nitrogens with one attached hydrogen (secondary N) is 1. The van der Waals surface area contributed by atoms with Gasteiger partial charge in [0.05, 0.1) is 18.8 Å². The molecule has 1 N–H and O–H groups in total. The van der Waals surface area contributed by atoms with E-state index >= 15 is 0 Å². The van der Waals surface area contributed by atoms with Crippen LogP contribution in [-0.4, -0.2) is 16.7 Å². The number of anilines is 1. The van der Waals surface area contributed by atoms with Gasteiger partial charge >= 0.3 is 0 Å². The average molecular weight is 313 g/mol. The first-order chi connectivity index (χ1) is 11.3. The molecule has 118 valence electrons. The van der Waals surface area contributed by atoms with Crippen molar-refractivity contribution in [3.63, 3.8) is 0 Å². The third-order valence-electron chi connectivity index (χ3n) is 3.20. The Labute approximate surface area is 133 Å². The minimum Gasteiger partial charge on any atom is -0.494 e. The summed E-state index contributed by atoms with van der Waals surface area (Å²) in [5, 5.41) is 6.86. The van der Waals surface area contributed by atoms with Crippen LogP contribution in [0.3, 0.4) is 0 Å². The maximum Gasteiger partial charge on any atom is 0.246 e. The Hall–Kier alpha value is -2.89. The van der Waals surface area contributed by atoms with E-state index in [4.69, 9.17) is 9.26 Å². The van der Waals surface area contributed by atoms with Crippen LogP contribution >= 0.6 is 0 Å². The maximum absolute atomic E-state index is 13.5. The highest BCUT2D eigenvalue weighted by molar-refractivity contribution is 5.55. The normalized spacial score (nSPS) is 10.5. The fraction of sp³-hybridized carbons (Fsp3) is 0.176. The summed E-state index contributed by atoms with van der Waals surface area (Å²) in [7, 11) is 0. The standard InChI is InChI=1S/C17H16FN3O2/c1-2-22-13-9-7-12(8-10-13)17-20-16(23-21-17)11-19-15-6-4-3-5-14(15)18/h3-10,19H,2,11H2,1H3. The molecule has 0 saturated heterocycles. The summed E-state index contributed by atoms with van der Waals surface area (Å²) in [4.78, 5) is 4.30. The molecular formula is C17H16FN3O2. The molecule has 0 aliphatic rings. The largest absolute Gasteiger partial charge is 0.494 e. The lowest BCUT2D eigenvalue weighted by Gasteiger charge is -2.03. The smallest absolute Gasteiger partial charge is 0.246 e. The second kappa shape index (κ2) is 6.91. The second-order valence-electron chi connectivity index (χ2n) is 4.80. The predicted molar refractivity (Wildman–Crippen MR) is 84.6 cm³/mol. The van der Waals surface area contributed by atoms with Crippen LogP contribution < -0.4 is 10.1 Å². The summed E-state index contributed by atoms with van der Waals surface area (Å²) in [5.74, 6) is 1.34. The van der Waals surface area contributed by atoms with Gasteiger partial charge in [0.25, 0.3) is 0 Å². The van der Waals surface area contributed by atoms with Gasteiger partial charge in [0.2, 0.25) is 11.7 Å². The second-order valence-corrected chi connectivity index (χ2v) is 4.80. The zero-order valence-corrected chi connectivity index (χ0v) is 12.6. The maximum atomic E-state index is 13.5. The first-order valence-electron chi connectivity index (χ1n) is 7.30. The molecule has 0 radical (unpaired) electrons. The van der Waals surface area contributed by atoms with Crippen LogP contribution in [0.5, 0.6) is 5.75 Å². The monoisotopic (exact) mass is 313 g/mol. The van der Waals surface area contributed by atoms with E-state index in [0.29, 0.717) is 24.0 Å². The van der Waals surface area contributed by atoms with Crippen molar-refractivity contribution in [1.82, 2.24) is 10.1 Å². The molecular weight excluding hydrogens is 297 g/mol. The predicted octanol–water partition coefficient (Wildman–Crippen LogP) is 3.89. The van der Waals surface area contributed by atoms with Gasteiger partial charge in [0, 0.05) is 5.56 Å². The summed E-state index contributed by atoms with van der Waals surface area (Å²) < 4.78 is 24.1. The van der Waals surface area contributed by atoms with E-state index in [9.17, 15) is 4.39 Å². The van der Waals surface area contributed by atoms with Crippen molar-refractivity contribution in [2.45, 2.75) is 13.5 Å². The van der Waals surface area contributed by atoms with Crippen LogP contribution in [0.25, 0.3) is 11.4 Å². The topological polar surface area (TPSA) is 60.2 Å². The fourth-order valence-electron chi connectivity index (χ4n) is 2.09. The molecule has 5 nitrogen and oxygen atoms in total. The number of nitrogens with zero attached hydrogens (tertiary/aromatic N) is 2. The summed E-state index contributed by atoms with van der Waals surface area (Å²) in [6, 6.07) is 13.9. The van der Waals surface area contributed by atoms with E-state index in [1.165, 1.54) is 6.07 Å². The van der Waals surface area contributed by atoms with Gasteiger partial charge in [0.15, 0.2) is 0 Å². The number of ether oxygens (including phenoxy) is 1.